The molecule has 27 heavy (non-hydrogen) atoms. The fourth-order valence-electron chi connectivity index (χ4n) is 2.80. The molecule has 3 N–H and O–H groups in total. The van der Waals surface area contributed by atoms with Crippen molar-refractivity contribution in [2.75, 3.05) is 13.1 Å². The Kier molecular flexibility index (Phi) is 7.32. The molecule has 2 aromatic heterocycles. The van der Waals surface area contributed by atoms with Gasteiger partial charge in [-0.2, -0.15) is 0 Å². The zero-order chi connectivity index (χ0) is 18.6. The molecule has 1 aromatic carbocycles. The third-order valence-electron chi connectivity index (χ3n) is 4.32. The molecule has 1 unspecified atom stereocenters. The first kappa shape index (κ1) is 21.3. The molecule has 0 amide bonds. The molecule has 0 aliphatic heterocycles. The van der Waals surface area contributed by atoms with Crippen LogP contribution < -0.4 is 10.6 Å². The summed E-state index contributed by atoms with van der Waals surface area (Å²) in [6.07, 6.45) is 1.55. The Morgan fingerprint density at radius 1 is 1.19 bits per heavy atom. The summed E-state index contributed by atoms with van der Waals surface area (Å²) in [5.41, 5.74) is 0.839. The first-order valence-electron chi connectivity index (χ1n) is 8.77. The largest absolute Gasteiger partial charge is 0.466 e. The molecule has 0 spiro atoms. The van der Waals surface area contributed by atoms with E-state index in [9.17, 15) is 5.11 Å². The molecule has 2 heterocycles. The van der Waals surface area contributed by atoms with Crippen molar-refractivity contribution in [1.82, 2.24) is 10.6 Å². The van der Waals surface area contributed by atoms with E-state index in [1.165, 1.54) is 0 Å². The van der Waals surface area contributed by atoms with Gasteiger partial charge >= 0.3 is 0 Å². The van der Waals surface area contributed by atoms with E-state index in [-0.39, 0.29) is 30.5 Å². The average molecular weight is 483 g/mol. The van der Waals surface area contributed by atoms with Gasteiger partial charge < -0.3 is 24.6 Å². The highest BCUT2D eigenvalue weighted by atomic mass is 127. The SMILES string of the molecule is CCNC(=NCc1oc2ccccc2c1C)NCC(C)(O)c1ccco1.I. The Morgan fingerprint density at radius 2 is 1.96 bits per heavy atom. The molecule has 0 radical (unpaired) electrons. The molecule has 0 aliphatic rings. The number of guanidine groups is 1. The molecule has 3 rings (SSSR count). The van der Waals surface area contributed by atoms with Crippen LogP contribution in [0.3, 0.4) is 0 Å². The number of para-hydroxylation sites is 1. The van der Waals surface area contributed by atoms with Crippen LogP contribution >= 0.6 is 24.0 Å². The molecule has 146 valence electrons. The summed E-state index contributed by atoms with van der Waals surface area (Å²) in [4.78, 5) is 4.58. The average Bonchev–Trinajstić information content (AvgIpc) is 3.27. The fourth-order valence-corrected chi connectivity index (χ4v) is 2.80. The Bertz CT molecular complexity index is 885. The third-order valence-corrected chi connectivity index (χ3v) is 4.32. The lowest BCUT2D eigenvalue weighted by Gasteiger charge is -2.22. The van der Waals surface area contributed by atoms with E-state index in [4.69, 9.17) is 8.83 Å². The molecule has 0 saturated carbocycles. The molecule has 0 fully saturated rings. The van der Waals surface area contributed by atoms with Gasteiger partial charge in [0.25, 0.3) is 0 Å². The highest BCUT2D eigenvalue weighted by Gasteiger charge is 2.26. The zero-order valence-electron chi connectivity index (χ0n) is 15.8. The number of hydrogen-bond donors (Lipinski definition) is 3. The van der Waals surface area contributed by atoms with Gasteiger partial charge in [-0.05, 0) is 39.0 Å². The Morgan fingerprint density at radius 3 is 2.63 bits per heavy atom. The van der Waals surface area contributed by atoms with Crippen molar-refractivity contribution in [3.8, 4) is 0 Å². The summed E-state index contributed by atoms with van der Waals surface area (Å²) in [7, 11) is 0. The maximum atomic E-state index is 10.6. The van der Waals surface area contributed by atoms with Gasteiger partial charge in [0.2, 0.25) is 0 Å². The van der Waals surface area contributed by atoms with Crippen LogP contribution in [0, 0.1) is 6.92 Å². The topological polar surface area (TPSA) is 82.9 Å². The van der Waals surface area contributed by atoms with Crippen molar-refractivity contribution in [3.63, 3.8) is 0 Å². The minimum absolute atomic E-state index is 0. The Hall–Kier alpha value is -2.00. The molecule has 7 heteroatoms. The number of aliphatic imine (C=N–C) groups is 1. The lowest BCUT2D eigenvalue weighted by molar-refractivity contribution is 0.0386. The molecule has 6 nitrogen and oxygen atoms in total. The molecule has 1 atom stereocenters. The Balaban J connectivity index is 0.00000261. The number of fused-ring (bicyclic) bond motifs is 1. The van der Waals surface area contributed by atoms with E-state index in [0.29, 0.717) is 24.8 Å². The lowest BCUT2D eigenvalue weighted by Crippen LogP contribution is -2.44. The van der Waals surface area contributed by atoms with Crippen LogP contribution in [0.2, 0.25) is 0 Å². The van der Waals surface area contributed by atoms with Crippen LogP contribution in [0.4, 0.5) is 0 Å². The molecule has 3 aromatic rings. The summed E-state index contributed by atoms with van der Waals surface area (Å²) >= 11 is 0. The van der Waals surface area contributed by atoms with Crippen molar-refractivity contribution in [2.24, 2.45) is 4.99 Å². The molecule has 0 saturated heterocycles. The number of aryl methyl sites for hydroxylation is 1. The van der Waals surface area contributed by atoms with E-state index in [1.807, 2.05) is 38.1 Å². The van der Waals surface area contributed by atoms with Crippen LogP contribution in [-0.4, -0.2) is 24.2 Å². The van der Waals surface area contributed by atoms with Crippen LogP contribution in [0.25, 0.3) is 11.0 Å². The van der Waals surface area contributed by atoms with Gasteiger partial charge in [-0.25, -0.2) is 4.99 Å². The highest BCUT2D eigenvalue weighted by molar-refractivity contribution is 14.0. The van der Waals surface area contributed by atoms with Gasteiger partial charge in [0.05, 0.1) is 12.8 Å². The van der Waals surface area contributed by atoms with E-state index < -0.39 is 5.60 Å². The van der Waals surface area contributed by atoms with Gasteiger partial charge in [0.1, 0.15) is 29.2 Å². The maximum Gasteiger partial charge on any atom is 0.191 e. The second-order valence-corrected chi connectivity index (χ2v) is 6.45. The quantitative estimate of drug-likeness (QED) is 0.281. The second-order valence-electron chi connectivity index (χ2n) is 6.45. The number of halogens is 1. The number of hydrogen-bond acceptors (Lipinski definition) is 4. The van der Waals surface area contributed by atoms with Crippen molar-refractivity contribution >= 4 is 40.9 Å². The van der Waals surface area contributed by atoms with E-state index in [0.717, 1.165) is 22.3 Å². The molecule has 0 aliphatic carbocycles. The van der Waals surface area contributed by atoms with Gasteiger partial charge in [-0.15, -0.1) is 24.0 Å². The monoisotopic (exact) mass is 483 g/mol. The van der Waals surface area contributed by atoms with E-state index >= 15 is 0 Å². The molecular weight excluding hydrogens is 457 g/mol. The van der Waals surface area contributed by atoms with E-state index in [1.54, 1.807) is 25.3 Å². The zero-order valence-corrected chi connectivity index (χ0v) is 18.1. The first-order valence-corrected chi connectivity index (χ1v) is 8.77. The van der Waals surface area contributed by atoms with Crippen molar-refractivity contribution in [2.45, 2.75) is 32.9 Å². The molecule has 0 bridgehead atoms. The van der Waals surface area contributed by atoms with Crippen molar-refractivity contribution in [3.05, 3.63) is 59.7 Å². The maximum absolute atomic E-state index is 10.6. The van der Waals surface area contributed by atoms with Gasteiger partial charge in [-0.3, -0.25) is 0 Å². The predicted molar refractivity (Wildman–Crippen MR) is 117 cm³/mol. The Labute approximate surface area is 176 Å². The van der Waals surface area contributed by atoms with Crippen molar-refractivity contribution < 1.29 is 13.9 Å². The summed E-state index contributed by atoms with van der Waals surface area (Å²) in [6.45, 7) is 7.14. The van der Waals surface area contributed by atoms with Crippen LogP contribution in [0.15, 0.2) is 56.5 Å². The van der Waals surface area contributed by atoms with Gasteiger partial charge in [0.15, 0.2) is 5.96 Å². The number of rotatable bonds is 6. The summed E-state index contributed by atoms with van der Waals surface area (Å²) < 4.78 is 11.2. The second kappa shape index (κ2) is 9.27. The normalized spacial score (nSPS) is 13.9. The number of nitrogens with zero attached hydrogens (tertiary/aromatic N) is 1. The standard InChI is InChI=1S/C20H25N3O3.HI/c1-4-21-19(23-13-20(3,24)18-10-7-11-25-18)22-12-17-14(2)15-8-5-6-9-16(15)26-17;/h5-11,24H,4,12-13H2,1-3H3,(H2,21,22,23);1H. The third kappa shape index (κ3) is 5.04. The summed E-state index contributed by atoms with van der Waals surface area (Å²) in [6, 6.07) is 11.5. The summed E-state index contributed by atoms with van der Waals surface area (Å²) in [5, 5.41) is 18.0. The summed E-state index contributed by atoms with van der Waals surface area (Å²) in [5.74, 6) is 1.95. The fraction of sp³-hybridized carbons (Fsp3) is 0.350. The van der Waals surface area contributed by atoms with Crippen LogP contribution in [0.1, 0.15) is 30.9 Å². The van der Waals surface area contributed by atoms with Crippen LogP contribution in [0.5, 0.6) is 0 Å². The number of furan rings is 2. The highest BCUT2D eigenvalue weighted by Crippen LogP contribution is 2.25. The molecular formula is C20H26IN3O3. The van der Waals surface area contributed by atoms with E-state index in [2.05, 4.69) is 15.6 Å². The van der Waals surface area contributed by atoms with Crippen LogP contribution in [-0.2, 0) is 12.1 Å². The van der Waals surface area contributed by atoms with Crippen molar-refractivity contribution in [1.29, 1.82) is 0 Å². The lowest BCUT2D eigenvalue weighted by atomic mass is 10.0. The minimum atomic E-state index is -1.13. The smallest absolute Gasteiger partial charge is 0.191 e. The number of nitrogens with one attached hydrogen (secondary N) is 2. The van der Waals surface area contributed by atoms with Gasteiger partial charge in [-0.1, -0.05) is 18.2 Å². The minimum Gasteiger partial charge on any atom is -0.466 e. The predicted octanol–water partition coefficient (Wildman–Crippen LogP) is 3.92. The van der Waals surface area contributed by atoms with Gasteiger partial charge in [0, 0.05) is 17.5 Å². The first-order chi connectivity index (χ1) is 12.5. The number of benzene rings is 1. The number of aliphatic hydroxyl groups is 1.